The summed E-state index contributed by atoms with van der Waals surface area (Å²) in [7, 11) is 0. The van der Waals surface area contributed by atoms with Crippen LogP contribution in [0, 0.1) is 0 Å². The molecule has 0 saturated heterocycles. The molecule has 3 heterocycles. The number of para-hydroxylation sites is 1. The molecule has 2 aliphatic rings. The van der Waals surface area contributed by atoms with Gasteiger partial charge < -0.3 is 9.88 Å². The molecule has 1 N–H and O–H groups in total. The number of hydrogen-bond acceptors (Lipinski definition) is 2. The van der Waals surface area contributed by atoms with Crippen molar-refractivity contribution in [2.45, 2.75) is 23.8 Å². The highest BCUT2D eigenvalue weighted by Crippen LogP contribution is 2.47. The summed E-state index contributed by atoms with van der Waals surface area (Å²) in [6.07, 6.45) is 4.23. The van der Waals surface area contributed by atoms with E-state index in [-0.39, 0.29) is 6.04 Å². The fraction of sp³-hybridized carbons (Fsp3) is 0.133. The van der Waals surface area contributed by atoms with Crippen LogP contribution < -0.4 is 5.32 Å². The third-order valence-electron chi connectivity index (χ3n) is 7.12. The van der Waals surface area contributed by atoms with E-state index >= 15 is 0 Å². The molecule has 0 aliphatic carbocycles. The Hall–Kier alpha value is -3.43. The number of nitrogens with one attached hydrogen (secondary N) is 1. The van der Waals surface area contributed by atoms with Crippen LogP contribution in [0.4, 0.5) is 0 Å². The molecule has 33 heavy (non-hydrogen) atoms. The SMILES string of the molecule is CC1CSc2c1ccc1c3ccccc3n(-c3cccc(C4NC=Cc5ccccc54)c3)c21. The Labute approximate surface area is 197 Å². The van der Waals surface area contributed by atoms with E-state index in [0.29, 0.717) is 5.92 Å². The average molecular weight is 445 g/mol. The standard InChI is InChI=1S/C30H24N2S/c1-19-18-33-30-23(19)13-14-26-25-11-4-5-12-27(25)32(29(26)30)22-9-6-8-21(17-22)28-24-10-3-2-7-20(24)15-16-31-28/h2-17,19,28,31H,18H2,1H3. The summed E-state index contributed by atoms with van der Waals surface area (Å²) in [6.45, 7) is 2.35. The van der Waals surface area contributed by atoms with Crippen LogP contribution in [0.2, 0.25) is 0 Å². The Balaban J connectivity index is 1.48. The first-order valence-electron chi connectivity index (χ1n) is 11.6. The molecule has 2 unspecified atom stereocenters. The van der Waals surface area contributed by atoms with Gasteiger partial charge in [-0.05, 0) is 58.6 Å². The minimum Gasteiger partial charge on any atom is -0.380 e. The lowest BCUT2D eigenvalue weighted by molar-refractivity contribution is 0.720. The summed E-state index contributed by atoms with van der Waals surface area (Å²) in [5, 5.41) is 6.26. The normalized spacial score (nSPS) is 18.9. The quantitative estimate of drug-likeness (QED) is 0.301. The second-order valence-corrected chi connectivity index (χ2v) is 10.1. The fourth-order valence-electron chi connectivity index (χ4n) is 5.52. The van der Waals surface area contributed by atoms with Crippen molar-refractivity contribution in [3.05, 3.63) is 113 Å². The maximum absolute atomic E-state index is 3.59. The molecule has 2 aliphatic heterocycles. The molecular formula is C30H24N2S. The number of rotatable bonds is 2. The predicted octanol–water partition coefficient (Wildman–Crippen LogP) is 7.66. The maximum atomic E-state index is 3.59. The van der Waals surface area contributed by atoms with Crippen LogP contribution in [0.25, 0.3) is 33.6 Å². The van der Waals surface area contributed by atoms with Gasteiger partial charge in [-0.1, -0.05) is 73.7 Å². The lowest BCUT2D eigenvalue weighted by Gasteiger charge is -2.24. The number of fused-ring (bicyclic) bond motifs is 6. The first-order chi connectivity index (χ1) is 16.3. The molecule has 0 radical (unpaired) electrons. The lowest BCUT2D eigenvalue weighted by Crippen LogP contribution is -2.20. The van der Waals surface area contributed by atoms with Gasteiger partial charge in [-0.15, -0.1) is 11.8 Å². The zero-order chi connectivity index (χ0) is 21.9. The topological polar surface area (TPSA) is 17.0 Å². The van der Waals surface area contributed by atoms with Crippen molar-refractivity contribution in [2.75, 3.05) is 5.75 Å². The second-order valence-electron chi connectivity index (χ2n) is 9.10. The summed E-state index contributed by atoms with van der Waals surface area (Å²) in [6, 6.07) is 31.4. The van der Waals surface area contributed by atoms with Crippen molar-refractivity contribution in [3.8, 4) is 5.69 Å². The van der Waals surface area contributed by atoms with Gasteiger partial charge >= 0.3 is 0 Å². The van der Waals surface area contributed by atoms with Crippen molar-refractivity contribution in [2.24, 2.45) is 0 Å². The predicted molar refractivity (Wildman–Crippen MR) is 140 cm³/mol. The Bertz CT molecular complexity index is 1580. The van der Waals surface area contributed by atoms with Crippen LogP contribution in [-0.4, -0.2) is 10.3 Å². The van der Waals surface area contributed by atoms with E-state index in [0.717, 1.165) is 5.75 Å². The largest absolute Gasteiger partial charge is 0.380 e. The van der Waals surface area contributed by atoms with E-state index in [2.05, 4.69) is 114 Å². The van der Waals surface area contributed by atoms with Crippen LogP contribution in [0.15, 0.2) is 96.0 Å². The molecule has 0 fully saturated rings. The summed E-state index contributed by atoms with van der Waals surface area (Å²) in [5.41, 5.74) is 9.23. The number of hydrogen-bond donors (Lipinski definition) is 1. The number of benzene rings is 4. The molecule has 160 valence electrons. The van der Waals surface area contributed by atoms with E-state index in [4.69, 9.17) is 0 Å². The van der Waals surface area contributed by atoms with Gasteiger partial charge in [0.1, 0.15) is 0 Å². The Kier molecular flexibility index (Phi) is 4.22. The molecule has 7 rings (SSSR count). The minimum absolute atomic E-state index is 0.152. The fourth-order valence-corrected chi connectivity index (χ4v) is 6.89. The summed E-state index contributed by atoms with van der Waals surface area (Å²) < 4.78 is 2.49. The van der Waals surface area contributed by atoms with Crippen LogP contribution in [0.3, 0.4) is 0 Å². The van der Waals surface area contributed by atoms with Gasteiger partial charge in [0.05, 0.1) is 17.1 Å². The first kappa shape index (κ1) is 19.1. The van der Waals surface area contributed by atoms with Crippen LogP contribution >= 0.6 is 11.8 Å². The molecule has 0 amide bonds. The Morgan fingerprint density at radius 3 is 2.70 bits per heavy atom. The number of nitrogens with zero attached hydrogens (tertiary/aromatic N) is 1. The van der Waals surface area contributed by atoms with Crippen molar-refractivity contribution in [3.63, 3.8) is 0 Å². The van der Waals surface area contributed by atoms with Gasteiger partial charge in [0, 0.05) is 27.1 Å². The summed E-state index contributed by atoms with van der Waals surface area (Å²) in [4.78, 5) is 1.45. The van der Waals surface area contributed by atoms with Crippen molar-refractivity contribution < 1.29 is 0 Å². The highest BCUT2D eigenvalue weighted by atomic mass is 32.2. The Morgan fingerprint density at radius 1 is 0.848 bits per heavy atom. The monoisotopic (exact) mass is 444 g/mol. The van der Waals surface area contributed by atoms with Crippen molar-refractivity contribution >= 4 is 39.6 Å². The minimum atomic E-state index is 0.152. The first-order valence-corrected chi connectivity index (χ1v) is 12.6. The van der Waals surface area contributed by atoms with Gasteiger partial charge in [-0.3, -0.25) is 0 Å². The zero-order valence-corrected chi connectivity index (χ0v) is 19.3. The highest BCUT2D eigenvalue weighted by Gasteiger charge is 2.26. The highest BCUT2D eigenvalue weighted by molar-refractivity contribution is 7.99. The average Bonchev–Trinajstić information content (AvgIpc) is 3.41. The van der Waals surface area contributed by atoms with Gasteiger partial charge in [0.25, 0.3) is 0 Å². The smallest absolute Gasteiger partial charge is 0.0769 e. The van der Waals surface area contributed by atoms with E-state index in [1.54, 1.807) is 0 Å². The molecule has 0 bridgehead atoms. The zero-order valence-electron chi connectivity index (χ0n) is 18.5. The number of aromatic nitrogens is 1. The molecule has 0 saturated carbocycles. The van der Waals surface area contributed by atoms with Gasteiger partial charge in [-0.2, -0.15) is 0 Å². The third-order valence-corrected chi connectivity index (χ3v) is 8.51. The molecule has 4 aromatic carbocycles. The van der Waals surface area contributed by atoms with Gasteiger partial charge in [0.15, 0.2) is 0 Å². The van der Waals surface area contributed by atoms with Crippen LogP contribution in [0.5, 0.6) is 0 Å². The lowest BCUT2D eigenvalue weighted by atomic mass is 9.92. The molecule has 2 atom stereocenters. The van der Waals surface area contributed by atoms with Crippen molar-refractivity contribution in [1.29, 1.82) is 0 Å². The van der Waals surface area contributed by atoms with Gasteiger partial charge in [0.2, 0.25) is 0 Å². The molecule has 0 spiro atoms. The van der Waals surface area contributed by atoms with E-state index in [1.165, 1.54) is 54.6 Å². The molecule has 2 nitrogen and oxygen atoms in total. The van der Waals surface area contributed by atoms with E-state index in [9.17, 15) is 0 Å². The molecule has 3 heteroatoms. The van der Waals surface area contributed by atoms with Crippen molar-refractivity contribution in [1.82, 2.24) is 9.88 Å². The summed E-state index contributed by atoms with van der Waals surface area (Å²) in [5.74, 6) is 1.76. The maximum Gasteiger partial charge on any atom is 0.0769 e. The molecular weight excluding hydrogens is 420 g/mol. The number of thioether (sulfide) groups is 1. The van der Waals surface area contributed by atoms with Gasteiger partial charge in [-0.25, -0.2) is 0 Å². The molecule has 5 aromatic rings. The second kappa shape index (κ2) is 7.29. The van der Waals surface area contributed by atoms with E-state index in [1.807, 2.05) is 11.8 Å². The Morgan fingerprint density at radius 2 is 1.73 bits per heavy atom. The van der Waals surface area contributed by atoms with Crippen LogP contribution in [0.1, 0.15) is 41.1 Å². The van der Waals surface area contributed by atoms with E-state index < -0.39 is 0 Å². The third kappa shape index (κ3) is 2.82. The molecule has 1 aromatic heterocycles. The van der Waals surface area contributed by atoms with Crippen LogP contribution in [-0.2, 0) is 0 Å². The summed E-state index contributed by atoms with van der Waals surface area (Å²) >= 11 is 2.01.